The van der Waals surface area contributed by atoms with Crippen molar-refractivity contribution in [2.75, 3.05) is 7.11 Å². The fourth-order valence-corrected chi connectivity index (χ4v) is 2.19. The molecule has 0 heterocycles. The van der Waals surface area contributed by atoms with Crippen LogP contribution in [0.15, 0.2) is 42.5 Å². The van der Waals surface area contributed by atoms with Crippen molar-refractivity contribution in [1.82, 2.24) is 0 Å². The van der Waals surface area contributed by atoms with E-state index in [2.05, 4.69) is 6.07 Å². The Bertz CT molecular complexity index is 728. The van der Waals surface area contributed by atoms with E-state index in [4.69, 9.17) is 10.00 Å². The molecule has 4 heteroatoms. The fraction of sp³-hybridized carbons (Fsp3) is 0.176. The molecule has 0 saturated carbocycles. The van der Waals surface area contributed by atoms with Crippen LogP contribution in [0, 0.1) is 28.5 Å². The number of ether oxygens (including phenoxy) is 1. The van der Waals surface area contributed by atoms with Crippen LogP contribution in [0.2, 0.25) is 0 Å². The summed E-state index contributed by atoms with van der Waals surface area (Å²) in [6.45, 7) is 0. The monoisotopic (exact) mass is 280 g/mol. The van der Waals surface area contributed by atoms with Gasteiger partial charge in [0.15, 0.2) is 0 Å². The van der Waals surface area contributed by atoms with Gasteiger partial charge in [-0.25, -0.2) is 4.39 Å². The Morgan fingerprint density at radius 1 is 1.19 bits per heavy atom. The first kappa shape index (κ1) is 14.6. The maximum atomic E-state index is 13.4. The molecule has 0 aliphatic rings. The van der Waals surface area contributed by atoms with E-state index in [-0.39, 0.29) is 5.82 Å². The third-order valence-corrected chi connectivity index (χ3v) is 3.24. The van der Waals surface area contributed by atoms with Crippen LogP contribution in [0.3, 0.4) is 0 Å². The number of nitriles is 2. The Balaban J connectivity index is 2.34. The van der Waals surface area contributed by atoms with Gasteiger partial charge >= 0.3 is 0 Å². The summed E-state index contributed by atoms with van der Waals surface area (Å²) in [7, 11) is 1.51. The molecule has 1 unspecified atom stereocenters. The summed E-state index contributed by atoms with van der Waals surface area (Å²) < 4.78 is 18.6. The van der Waals surface area contributed by atoms with Crippen molar-refractivity contribution >= 4 is 0 Å². The van der Waals surface area contributed by atoms with Gasteiger partial charge in [-0.15, -0.1) is 0 Å². The minimum absolute atomic E-state index is 0.326. The molecule has 2 aromatic carbocycles. The molecule has 0 N–H and O–H groups in total. The van der Waals surface area contributed by atoms with Crippen molar-refractivity contribution in [3.05, 3.63) is 65.0 Å². The first-order valence-electron chi connectivity index (χ1n) is 6.40. The standard InChI is InChI=1S/C17H13FN2O/c1-21-17-6-5-16(18)9-14(17)8-15(11-20)13-4-2-3-12(7-13)10-19/h2-7,9,15H,8H2,1H3. The summed E-state index contributed by atoms with van der Waals surface area (Å²) in [5, 5.41) is 18.3. The van der Waals surface area contributed by atoms with Gasteiger partial charge in [0.1, 0.15) is 11.6 Å². The molecule has 3 nitrogen and oxygen atoms in total. The second kappa shape index (κ2) is 6.54. The molecule has 104 valence electrons. The second-order valence-corrected chi connectivity index (χ2v) is 4.58. The minimum Gasteiger partial charge on any atom is -0.496 e. The van der Waals surface area contributed by atoms with Gasteiger partial charge in [-0.05, 0) is 47.9 Å². The van der Waals surface area contributed by atoms with Gasteiger partial charge in [-0.1, -0.05) is 12.1 Å². The molecule has 0 fully saturated rings. The van der Waals surface area contributed by atoms with E-state index in [1.54, 1.807) is 30.3 Å². The van der Waals surface area contributed by atoms with Crippen molar-refractivity contribution in [2.45, 2.75) is 12.3 Å². The van der Waals surface area contributed by atoms with Crippen LogP contribution in [-0.4, -0.2) is 7.11 Å². The molecule has 2 rings (SSSR count). The van der Waals surface area contributed by atoms with Crippen LogP contribution < -0.4 is 4.74 Å². The number of hydrogen-bond donors (Lipinski definition) is 0. The zero-order valence-corrected chi connectivity index (χ0v) is 11.5. The minimum atomic E-state index is -0.464. The van der Waals surface area contributed by atoms with Gasteiger partial charge in [-0.3, -0.25) is 0 Å². The highest BCUT2D eigenvalue weighted by Gasteiger charge is 2.15. The third kappa shape index (κ3) is 3.38. The Morgan fingerprint density at radius 3 is 2.67 bits per heavy atom. The van der Waals surface area contributed by atoms with Crippen LogP contribution in [0.25, 0.3) is 0 Å². The highest BCUT2D eigenvalue weighted by Crippen LogP contribution is 2.27. The summed E-state index contributed by atoms with van der Waals surface area (Å²) in [6.07, 6.45) is 0.326. The van der Waals surface area contributed by atoms with Crippen molar-refractivity contribution in [3.8, 4) is 17.9 Å². The van der Waals surface area contributed by atoms with Crippen LogP contribution in [0.4, 0.5) is 4.39 Å². The molecule has 0 aromatic heterocycles. The zero-order chi connectivity index (χ0) is 15.2. The summed E-state index contributed by atoms with van der Waals surface area (Å²) in [5.74, 6) is -0.282. The lowest BCUT2D eigenvalue weighted by atomic mass is 9.92. The van der Waals surface area contributed by atoms with Crippen LogP contribution >= 0.6 is 0 Å². The molecular weight excluding hydrogens is 267 g/mol. The number of hydrogen-bond acceptors (Lipinski definition) is 3. The van der Waals surface area contributed by atoms with Gasteiger partial charge in [0.25, 0.3) is 0 Å². The van der Waals surface area contributed by atoms with Gasteiger partial charge in [0.05, 0.1) is 30.7 Å². The van der Waals surface area contributed by atoms with Crippen LogP contribution in [-0.2, 0) is 6.42 Å². The quantitative estimate of drug-likeness (QED) is 0.860. The van der Waals surface area contributed by atoms with E-state index in [0.717, 1.165) is 5.56 Å². The van der Waals surface area contributed by atoms with Crippen molar-refractivity contribution < 1.29 is 9.13 Å². The van der Waals surface area contributed by atoms with Gasteiger partial charge in [-0.2, -0.15) is 10.5 Å². The largest absolute Gasteiger partial charge is 0.496 e. The molecular formula is C17H13FN2O. The Kier molecular flexibility index (Phi) is 4.53. The maximum absolute atomic E-state index is 13.4. The molecule has 21 heavy (non-hydrogen) atoms. The number of rotatable bonds is 4. The maximum Gasteiger partial charge on any atom is 0.123 e. The summed E-state index contributed by atoms with van der Waals surface area (Å²) >= 11 is 0. The van der Waals surface area contributed by atoms with Gasteiger partial charge in [0, 0.05) is 0 Å². The van der Waals surface area contributed by atoms with E-state index in [9.17, 15) is 9.65 Å². The van der Waals surface area contributed by atoms with E-state index in [1.807, 2.05) is 6.07 Å². The molecule has 0 spiro atoms. The molecule has 0 saturated heterocycles. The molecule has 0 amide bonds. The zero-order valence-electron chi connectivity index (χ0n) is 11.5. The lowest BCUT2D eigenvalue weighted by Gasteiger charge is -2.13. The molecule has 2 aromatic rings. The second-order valence-electron chi connectivity index (χ2n) is 4.58. The average molecular weight is 280 g/mol. The normalized spacial score (nSPS) is 11.2. The van der Waals surface area contributed by atoms with Crippen LogP contribution in [0.1, 0.15) is 22.6 Å². The smallest absolute Gasteiger partial charge is 0.123 e. The Morgan fingerprint density at radius 2 is 2.00 bits per heavy atom. The lowest BCUT2D eigenvalue weighted by molar-refractivity contribution is 0.407. The van der Waals surface area contributed by atoms with Gasteiger partial charge < -0.3 is 4.74 Å². The number of nitrogens with zero attached hydrogens (tertiary/aromatic N) is 2. The lowest BCUT2D eigenvalue weighted by Crippen LogP contribution is -2.03. The van der Waals surface area contributed by atoms with Crippen molar-refractivity contribution in [2.24, 2.45) is 0 Å². The molecule has 1 atom stereocenters. The third-order valence-electron chi connectivity index (χ3n) is 3.24. The number of methoxy groups -OCH3 is 1. The van der Waals surface area contributed by atoms with E-state index in [0.29, 0.717) is 23.3 Å². The van der Waals surface area contributed by atoms with Crippen LogP contribution in [0.5, 0.6) is 5.75 Å². The predicted molar refractivity (Wildman–Crippen MR) is 76.2 cm³/mol. The summed E-state index contributed by atoms with van der Waals surface area (Å²) in [4.78, 5) is 0. The molecule has 0 aliphatic carbocycles. The average Bonchev–Trinajstić information content (AvgIpc) is 2.52. The Labute approximate surface area is 122 Å². The van der Waals surface area contributed by atoms with E-state index < -0.39 is 5.92 Å². The topological polar surface area (TPSA) is 56.8 Å². The number of halogens is 1. The van der Waals surface area contributed by atoms with E-state index >= 15 is 0 Å². The van der Waals surface area contributed by atoms with E-state index in [1.165, 1.54) is 19.2 Å². The summed E-state index contributed by atoms with van der Waals surface area (Å²) in [5.41, 5.74) is 1.87. The molecule has 0 radical (unpaired) electrons. The SMILES string of the molecule is COc1ccc(F)cc1CC(C#N)c1cccc(C#N)c1. The predicted octanol–water partition coefficient (Wildman–Crippen LogP) is 3.56. The van der Waals surface area contributed by atoms with Crippen molar-refractivity contribution in [3.63, 3.8) is 0 Å². The number of benzene rings is 2. The molecule has 0 bridgehead atoms. The first-order valence-corrected chi connectivity index (χ1v) is 6.40. The highest BCUT2D eigenvalue weighted by atomic mass is 19.1. The Hall–Kier alpha value is -2.85. The van der Waals surface area contributed by atoms with Gasteiger partial charge in [0.2, 0.25) is 0 Å². The van der Waals surface area contributed by atoms with Crippen molar-refractivity contribution in [1.29, 1.82) is 10.5 Å². The fourth-order valence-electron chi connectivity index (χ4n) is 2.19. The highest BCUT2D eigenvalue weighted by molar-refractivity contribution is 5.40. The summed E-state index contributed by atoms with van der Waals surface area (Å²) in [6, 6.07) is 15.4. The first-order chi connectivity index (χ1) is 10.2. The molecule has 0 aliphatic heterocycles.